The van der Waals surface area contributed by atoms with Crippen LogP contribution in [-0.2, 0) is 4.79 Å². The zero-order chi connectivity index (χ0) is 10.7. The maximum absolute atomic E-state index is 10.5. The summed E-state index contributed by atoms with van der Waals surface area (Å²) in [5.41, 5.74) is 1.05. The van der Waals surface area contributed by atoms with E-state index in [1.165, 1.54) is 5.39 Å². The van der Waals surface area contributed by atoms with Gasteiger partial charge in [0.1, 0.15) is 0 Å². The van der Waals surface area contributed by atoms with Gasteiger partial charge in [0.25, 0.3) is 0 Å². The molecule has 2 heteroatoms. The summed E-state index contributed by atoms with van der Waals surface area (Å²) < 4.78 is 0.554. The molecule has 0 unspecified atom stereocenters. The Kier molecular flexibility index (Phi) is 2.97. The first kappa shape index (κ1) is 10.1. The van der Waals surface area contributed by atoms with Crippen LogP contribution in [0.5, 0.6) is 0 Å². The van der Waals surface area contributed by atoms with Crippen molar-refractivity contribution in [1.82, 2.24) is 0 Å². The van der Waals surface area contributed by atoms with E-state index in [9.17, 15) is 4.79 Å². The first-order valence-corrected chi connectivity index (χ1v) is 5.41. The molecule has 0 spiro atoms. The number of allylic oxidation sites excluding steroid dienone is 1. The lowest BCUT2D eigenvalue weighted by atomic mass is 10.0. The van der Waals surface area contributed by atoms with Crippen molar-refractivity contribution in [3.05, 3.63) is 52.5 Å². The molecule has 0 N–H and O–H groups in total. The number of hydrogen-bond acceptors (Lipinski definition) is 1. The summed E-state index contributed by atoms with van der Waals surface area (Å²) in [5.74, 6) is 0. The van der Waals surface area contributed by atoms with Crippen LogP contribution in [0.4, 0.5) is 0 Å². The molecule has 0 saturated heterocycles. The van der Waals surface area contributed by atoms with Crippen LogP contribution in [0.15, 0.2) is 46.9 Å². The van der Waals surface area contributed by atoms with E-state index in [1.807, 2.05) is 36.4 Å². The van der Waals surface area contributed by atoms with Gasteiger partial charge in [0, 0.05) is 0 Å². The number of fused-ring (bicyclic) bond motifs is 1. The van der Waals surface area contributed by atoms with E-state index in [1.54, 1.807) is 0 Å². The second-order valence-corrected chi connectivity index (χ2v) is 4.13. The summed E-state index contributed by atoms with van der Waals surface area (Å²) in [7, 11) is 0. The Morgan fingerprint density at radius 3 is 2.60 bits per heavy atom. The minimum atomic E-state index is 0.554. The third-order valence-corrected chi connectivity index (χ3v) is 2.65. The van der Waals surface area contributed by atoms with Gasteiger partial charge in [0.15, 0.2) is 6.29 Å². The minimum absolute atomic E-state index is 0.554. The van der Waals surface area contributed by atoms with Crippen LogP contribution >= 0.6 is 15.9 Å². The van der Waals surface area contributed by atoms with Gasteiger partial charge < -0.3 is 0 Å². The number of aldehydes is 1. The molecule has 0 amide bonds. The number of halogens is 1. The number of carbonyl (C=O) groups is 1. The summed E-state index contributed by atoms with van der Waals surface area (Å²) in [4.78, 5) is 10.5. The average Bonchev–Trinajstić information content (AvgIpc) is 2.29. The molecule has 1 nitrogen and oxygen atoms in total. The molecule has 2 aromatic rings. The van der Waals surface area contributed by atoms with E-state index in [-0.39, 0.29) is 0 Å². The molecular formula is C13H9BrO. The van der Waals surface area contributed by atoms with Gasteiger partial charge in [-0.15, -0.1) is 0 Å². The van der Waals surface area contributed by atoms with Gasteiger partial charge in [-0.2, -0.15) is 0 Å². The standard InChI is InChI=1S/C13H9BrO/c14-12(9-15)8-11-6-3-5-10-4-1-2-7-13(10)11/h1-9H/b12-8-. The Labute approximate surface area is 96.5 Å². The zero-order valence-corrected chi connectivity index (χ0v) is 9.57. The Bertz CT molecular complexity index is 524. The highest BCUT2D eigenvalue weighted by Gasteiger charge is 1.97. The Morgan fingerprint density at radius 1 is 1.07 bits per heavy atom. The van der Waals surface area contributed by atoms with Gasteiger partial charge in [-0.25, -0.2) is 0 Å². The molecule has 0 aliphatic rings. The predicted molar refractivity (Wildman–Crippen MR) is 66.9 cm³/mol. The molecule has 2 rings (SSSR count). The Hall–Kier alpha value is -1.41. The third-order valence-electron chi connectivity index (χ3n) is 2.23. The van der Waals surface area contributed by atoms with Gasteiger partial charge in [0.2, 0.25) is 0 Å². The highest BCUT2D eigenvalue weighted by molar-refractivity contribution is 9.12. The van der Waals surface area contributed by atoms with Crippen molar-refractivity contribution in [3.63, 3.8) is 0 Å². The summed E-state index contributed by atoms with van der Waals surface area (Å²) in [6.07, 6.45) is 2.62. The number of hydrogen-bond donors (Lipinski definition) is 0. The second kappa shape index (κ2) is 4.41. The highest BCUT2D eigenvalue weighted by Crippen LogP contribution is 2.21. The van der Waals surface area contributed by atoms with Crippen molar-refractivity contribution in [2.45, 2.75) is 0 Å². The molecule has 15 heavy (non-hydrogen) atoms. The van der Waals surface area contributed by atoms with Crippen LogP contribution in [0.1, 0.15) is 5.56 Å². The lowest BCUT2D eigenvalue weighted by molar-refractivity contribution is -0.104. The SMILES string of the molecule is O=C/C(Br)=C/c1cccc2ccccc12. The van der Waals surface area contributed by atoms with Gasteiger partial charge in [-0.1, -0.05) is 42.5 Å². The Balaban J connectivity index is 2.66. The monoisotopic (exact) mass is 260 g/mol. The third kappa shape index (κ3) is 2.16. The van der Waals surface area contributed by atoms with Crippen LogP contribution in [-0.4, -0.2) is 6.29 Å². The van der Waals surface area contributed by atoms with Gasteiger partial charge in [-0.3, -0.25) is 4.79 Å². The minimum Gasteiger partial charge on any atom is -0.297 e. The van der Waals surface area contributed by atoms with Crippen molar-refractivity contribution < 1.29 is 4.79 Å². The van der Waals surface area contributed by atoms with E-state index < -0.39 is 0 Å². The zero-order valence-electron chi connectivity index (χ0n) is 7.98. The summed E-state index contributed by atoms with van der Waals surface area (Å²) in [5, 5.41) is 2.33. The predicted octanol–water partition coefficient (Wildman–Crippen LogP) is 3.77. The van der Waals surface area contributed by atoms with Crippen molar-refractivity contribution in [3.8, 4) is 0 Å². The van der Waals surface area contributed by atoms with E-state index in [0.29, 0.717) is 4.48 Å². The van der Waals surface area contributed by atoms with Crippen LogP contribution in [0.3, 0.4) is 0 Å². The van der Waals surface area contributed by atoms with Gasteiger partial charge in [0.05, 0.1) is 4.48 Å². The molecular weight excluding hydrogens is 252 g/mol. The molecule has 0 aliphatic carbocycles. The Morgan fingerprint density at radius 2 is 1.80 bits per heavy atom. The maximum Gasteiger partial charge on any atom is 0.157 e. The molecule has 0 aliphatic heterocycles. The van der Waals surface area contributed by atoms with Crippen molar-refractivity contribution in [1.29, 1.82) is 0 Å². The molecule has 0 aromatic heterocycles. The fourth-order valence-corrected chi connectivity index (χ4v) is 1.81. The number of benzene rings is 2. The maximum atomic E-state index is 10.5. The first-order chi connectivity index (χ1) is 7.31. The normalized spacial score (nSPS) is 11.7. The molecule has 2 aromatic carbocycles. The molecule has 0 heterocycles. The fraction of sp³-hybridized carbons (Fsp3) is 0. The van der Waals surface area contributed by atoms with Crippen LogP contribution in [0.2, 0.25) is 0 Å². The lowest BCUT2D eigenvalue weighted by Gasteiger charge is -2.01. The fourth-order valence-electron chi connectivity index (χ4n) is 1.56. The van der Waals surface area contributed by atoms with Crippen LogP contribution in [0.25, 0.3) is 16.8 Å². The quantitative estimate of drug-likeness (QED) is 0.594. The van der Waals surface area contributed by atoms with E-state index in [4.69, 9.17) is 0 Å². The molecule has 0 bridgehead atoms. The van der Waals surface area contributed by atoms with Crippen molar-refractivity contribution >= 4 is 39.1 Å². The molecule has 0 fully saturated rings. The van der Waals surface area contributed by atoms with Gasteiger partial charge in [-0.05, 0) is 38.3 Å². The van der Waals surface area contributed by atoms with Crippen molar-refractivity contribution in [2.24, 2.45) is 0 Å². The van der Waals surface area contributed by atoms with Gasteiger partial charge >= 0.3 is 0 Å². The molecule has 74 valence electrons. The smallest absolute Gasteiger partial charge is 0.157 e. The first-order valence-electron chi connectivity index (χ1n) is 4.61. The molecule has 0 radical (unpaired) electrons. The average molecular weight is 261 g/mol. The van der Waals surface area contributed by atoms with Crippen molar-refractivity contribution in [2.75, 3.05) is 0 Å². The van der Waals surface area contributed by atoms with Crippen LogP contribution in [0, 0.1) is 0 Å². The summed E-state index contributed by atoms with van der Waals surface area (Å²) >= 11 is 3.19. The topological polar surface area (TPSA) is 17.1 Å². The van der Waals surface area contributed by atoms with Crippen LogP contribution < -0.4 is 0 Å². The number of rotatable bonds is 2. The largest absolute Gasteiger partial charge is 0.297 e. The molecule has 0 atom stereocenters. The van der Waals surface area contributed by atoms with E-state index in [2.05, 4.69) is 28.1 Å². The summed E-state index contributed by atoms with van der Waals surface area (Å²) in [6, 6.07) is 14.1. The number of carbonyl (C=O) groups excluding carboxylic acids is 1. The summed E-state index contributed by atoms with van der Waals surface area (Å²) in [6.45, 7) is 0. The highest BCUT2D eigenvalue weighted by atomic mass is 79.9. The van der Waals surface area contributed by atoms with E-state index in [0.717, 1.165) is 17.2 Å². The second-order valence-electron chi connectivity index (χ2n) is 3.22. The molecule has 0 saturated carbocycles. The van der Waals surface area contributed by atoms with E-state index >= 15 is 0 Å². The lowest BCUT2D eigenvalue weighted by Crippen LogP contribution is -1.79.